The van der Waals surface area contributed by atoms with Gasteiger partial charge in [-0.25, -0.2) is 0 Å². The number of halogens is 1. The molecule has 90 valence electrons. The zero-order valence-electron chi connectivity index (χ0n) is 10.0. The van der Waals surface area contributed by atoms with Crippen molar-refractivity contribution in [2.75, 3.05) is 0 Å². The first kappa shape index (κ1) is 12.6. The van der Waals surface area contributed by atoms with E-state index in [1.807, 2.05) is 29.5 Å². The largest absolute Gasteiger partial charge is 0.305 e. The van der Waals surface area contributed by atoms with Gasteiger partial charge in [-0.05, 0) is 37.6 Å². The summed E-state index contributed by atoms with van der Waals surface area (Å²) < 4.78 is 0. The van der Waals surface area contributed by atoms with Crippen LogP contribution in [0.15, 0.2) is 36.4 Å². The first-order chi connectivity index (χ1) is 8.16. The normalized spacial score (nSPS) is 12.6. The Hall–Kier alpha value is -0.830. The van der Waals surface area contributed by atoms with Crippen molar-refractivity contribution < 1.29 is 0 Å². The van der Waals surface area contributed by atoms with Crippen molar-refractivity contribution >= 4 is 22.9 Å². The van der Waals surface area contributed by atoms with Gasteiger partial charge in [0.05, 0.1) is 0 Å². The second kappa shape index (κ2) is 5.67. The number of hydrogen-bond donors (Lipinski definition) is 1. The van der Waals surface area contributed by atoms with Gasteiger partial charge in [0, 0.05) is 27.4 Å². The average Bonchev–Trinajstić information content (AvgIpc) is 2.73. The SMILES string of the molecule is Cc1ccc(CN[C@@H](C)c2ccccc2Cl)s1. The Morgan fingerprint density at radius 2 is 2.00 bits per heavy atom. The first-order valence-electron chi connectivity index (χ1n) is 5.70. The van der Waals surface area contributed by atoms with Gasteiger partial charge in [-0.1, -0.05) is 29.8 Å². The summed E-state index contributed by atoms with van der Waals surface area (Å²) in [5, 5.41) is 4.32. The lowest BCUT2D eigenvalue weighted by Crippen LogP contribution is -2.17. The summed E-state index contributed by atoms with van der Waals surface area (Å²) in [6.45, 7) is 5.16. The molecule has 1 N–H and O–H groups in total. The molecule has 2 aromatic rings. The smallest absolute Gasteiger partial charge is 0.0453 e. The molecule has 1 aromatic carbocycles. The summed E-state index contributed by atoms with van der Waals surface area (Å²) in [5.41, 5.74) is 1.16. The molecule has 0 unspecified atom stereocenters. The molecule has 0 aliphatic heterocycles. The zero-order chi connectivity index (χ0) is 12.3. The van der Waals surface area contributed by atoms with Gasteiger partial charge in [-0.3, -0.25) is 0 Å². The highest BCUT2D eigenvalue weighted by Gasteiger charge is 2.08. The van der Waals surface area contributed by atoms with Crippen molar-refractivity contribution in [1.29, 1.82) is 0 Å². The lowest BCUT2D eigenvalue weighted by molar-refractivity contribution is 0.579. The van der Waals surface area contributed by atoms with Crippen LogP contribution in [0.2, 0.25) is 5.02 Å². The van der Waals surface area contributed by atoms with E-state index in [1.165, 1.54) is 9.75 Å². The lowest BCUT2D eigenvalue weighted by atomic mass is 10.1. The topological polar surface area (TPSA) is 12.0 Å². The maximum absolute atomic E-state index is 6.17. The van der Waals surface area contributed by atoms with Gasteiger partial charge in [0.2, 0.25) is 0 Å². The lowest BCUT2D eigenvalue weighted by Gasteiger charge is -2.14. The molecule has 0 aliphatic carbocycles. The molecule has 0 fully saturated rings. The van der Waals surface area contributed by atoms with E-state index < -0.39 is 0 Å². The highest BCUT2D eigenvalue weighted by atomic mass is 35.5. The Labute approximate surface area is 111 Å². The van der Waals surface area contributed by atoms with Gasteiger partial charge in [-0.2, -0.15) is 0 Å². The molecule has 0 bridgehead atoms. The molecule has 3 heteroatoms. The van der Waals surface area contributed by atoms with Crippen LogP contribution in [-0.4, -0.2) is 0 Å². The number of thiophene rings is 1. The molecule has 17 heavy (non-hydrogen) atoms. The molecule has 0 radical (unpaired) electrons. The van der Waals surface area contributed by atoms with Crippen LogP contribution in [-0.2, 0) is 6.54 Å². The van der Waals surface area contributed by atoms with Crippen LogP contribution in [0.5, 0.6) is 0 Å². The third kappa shape index (κ3) is 3.32. The predicted octanol–water partition coefficient (Wildman–Crippen LogP) is 4.56. The molecule has 0 amide bonds. The number of rotatable bonds is 4. The first-order valence-corrected chi connectivity index (χ1v) is 6.89. The molecular formula is C14H16ClNS. The van der Waals surface area contributed by atoms with Crippen LogP contribution >= 0.6 is 22.9 Å². The van der Waals surface area contributed by atoms with Crippen LogP contribution in [0.4, 0.5) is 0 Å². The van der Waals surface area contributed by atoms with Crippen LogP contribution in [0.1, 0.15) is 28.3 Å². The summed E-state index contributed by atoms with van der Waals surface area (Å²) in [6, 6.07) is 12.6. The summed E-state index contributed by atoms with van der Waals surface area (Å²) in [5.74, 6) is 0. The van der Waals surface area contributed by atoms with Crippen LogP contribution < -0.4 is 5.32 Å². The van der Waals surface area contributed by atoms with Gasteiger partial charge in [0.25, 0.3) is 0 Å². The van der Waals surface area contributed by atoms with E-state index in [0.717, 1.165) is 17.1 Å². The standard InChI is InChI=1S/C14H16ClNS/c1-10-7-8-12(17-10)9-16-11(2)13-5-3-4-6-14(13)15/h3-8,11,16H,9H2,1-2H3/t11-/m0/s1. The van der Waals surface area contributed by atoms with Crippen molar-refractivity contribution in [1.82, 2.24) is 5.32 Å². The minimum atomic E-state index is 0.270. The molecular weight excluding hydrogens is 250 g/mol. The van der Waals surface area contributed by atoms with Gasteiger partial charge < -0.3 is 5.32 Å². The van der Waals surface area contributed by atoms with Gasteiger partial charge >= 0.3 is 0 Å². The zero-order valence-corrected chi connectivity index (χ0v) is 11.6. The van der Waals surface area contributed by atoms with E-state index in [1.54, 1.807) is 0 Å². The highest BCUT2D eigenvalue weighted by Crippen LogP contribution is 2.23. The number of hydrogen-bond acceptors (Lipinski definition) is 2. The third-order valence-corrected chi connectivity index (χ3v) is 4.10. The van der Waals surface area contributed by atoms with Crippen molar-refractivity contribution in [3.63, 3.8) is 0 Å². The van der Waals surface area contributed by atoms with Gasteiger partial charge in [-0.15, -0.1) is 11.3 Å². The Morgan fingerprint density at radius 3 is 2.65 bits per heavy atom. The van der Waals surface area contributed by atoms with Gasteiger partial charge in [0.1, 0.15) is 0 Å². The molecule has 1 heterocycles. The summed E-state index contributed by atoms with van der Waals surface area (Å²) in [7, 11) is 0. The summed E-state index contributed by atoms with van der Waals surface area (Å²) in [6.07, 6.45) is 0. The van der Waals surface area contributed by atoms with Gasteiger partial charge in [0.15, 0.2) is 0 Å². The Balaban J connectivity index is 1.98. The molecule has 0 saturated heterocycles. The van der Waals surface area contributed by atoms with E-state index in [2.05, 4.69) is 37.4 Å². The summed E-state index contributed by atoms with van der Waals surface area (Å²) in [4.78, 5) is 2.72. The Bertz CT molecular complexity index is 492. The maximum Gasteiger partial charge on any atom is 0.0453 e. The fourth-order valence-corrected chi connectivity index (χ4v) is 2.91. The Kier molecular flexibility index (Phi) is 4.21. The fourth-order valence-electron chi connectivity index (χ4n) is 1.77. The van der Waals surface area contributed by atoms with E-state index >= 15 is 0 Å². The average molecular weight is 266 g/mol. The molecule has 1 aromatic heterocycles. The summed E-state index contributed by atoms with van der Waals surface area (Å²) >= 11 is 8.00. The predicted molar refractivity (Wildman–Crippen MR) is 75.8 cm³/mol. The van der Waals surface area contributed by atoms with Crippen molar-refractivity contribution in [2.45, 2.75) is 26.4 Å². The molecule has 0 saturated carbocycles. The number of aryl methyl sites for hydroxylation is 1. The molecule has 0 aliphatic rings. The second-order valence-electron chi connectivity index (χ2n) is 4.14. The van der Waals surface area contributed by atoms with Crippen molar-refractivity contribution in [2.24, 2.45) is 0 Å². The highest BCUT2D eigenvalue weighted by molar-refractivity contribution is 7.11. The van der Waals surface area contributed by atoms with Crippen molar-refractivity contribution in [3.05, 3.63) is 56.7 Å². The fraction of sp³-hybridized carbons (Fsp3) is 0.286. The van der Waals surface area contributed by atoms with E-state index in [9.17, 15) is 0 Å². The maximum atomic E-state index is 6.17. The number of benzene rings is 1. The number of nitrogens with one attached hydrogen (secondary N) is 1. The third-order valence-electron chi connectivity index (χ3n) is 2.75. The minimum absolute atomic E-state index is 0.270. The van der Waals surface area contributed by atoms with Crippen molar-refractivity contribution in [3.8, 4) is 0 Å². The quantitative estimate of drug-likeness (QED) is 0.855. The molecule has 0 spiro atoms. The molecule has 1 atom stereocenters. The van der Waals surface area contributed by atoms with Crippen LogP contribution in [0, 0.1) is 6.92 Å². The van der Waals surface area contributed by atoms with Crippen LogP contribution in [0.25, 0.3) is 0 Å². The van der Waals surface area contributed by atoms with E-state index in [4.69, 9.17) is 11.6 Å². The second-order valence-corrected chi connectivity index (χ2v) is 5.92. The minimum Gasteiger partial charge on any atom is -0.305 e. The van der Waals surface area contributed by atoms with Crippen LogP contribution in [0.3, 0.4) is 0 Å². The molecule has 1 nitrogen and oxygen atoms in total. The Morgan fingerprint density at radius 1 is 1.24 bits per heavy atom. The van der Waals surface area contributed by atoms with E-state index in [-0.39, 0.29) is 6.04 Å². The van der Waals surface area contributed by atoms with E-state index in [0.29, 0.717) is 0 Å². The molecule has 2 rings (SSSR count). The monoisotopic (exact) mass is 265 g/mol.